The van der Waals surface area contributed by atoms with Crippen LogP contribution in [0.2, 0.25) is 10.0 Å². The van der Waals surface area contributed by atoms with Crippen molar-refractivity contribution in [1.29, 1.82) is 0 Å². The lowest BCUT2D eigenvalue weighted by Gasteiger charge is -2.30. The number of hydrogen-bond donors (Lipinski definition) is 0. The Kier molecular flexibility index (Phi) is 5.40. The first-order chi connectivity index (χ1) is 14.9. The molecule has 0 N–H and O–H groups in total. The van der Waals surface area contributed by atoms with Gasteiger partial charge in [-0.3, -0.25) is 9.47 Å². The van der Waals surface area contributed by atoms with Crippen molar-refractivity contribution in [2.75, 3.05) is 13.1 Å². The van der Waals surface area contributed by atoms with E-state index in [9.17, 15) is 4.39 Å². The van der Waals surface area contributed by atoms with E-state index >= 15 is 0 Å². The summed E-state index contributed by atoms with van der Waals surface area (Å²) < 4.78 is 22.4. The Morgan fingerprint density at radius 1 is 1.06 bits per heavy atom. The van der Waals surface area contributed by atoms with Crippen LogP contribution in [0, 0.1) is 13.8 Å². The lowest BCUT2D eigenvalue weighted by atomic mass is 10.1. The molecule has 3 aromatic rings. The summed E-state index contributed by atoms with van der Waals surface area (Å²) in [7, 11) is 0. The quantitative estimate of drug-likeness (QED) is 0.531. The van der Waals surface area contributed by atoms with Crippen LogP contribution in [0.15, 0.2) is 36.4 Å². The van der Waals surface area contributed by atoms with Crippen LogP contribution in [0.4, 0.5) is 4.39 Å². The molecule has 31 heavy (non-hydrogen) atoms. The Balaban J connectivity index is 1.47. The van der Waals surface area contributed by atoms with Crippen LogP contribution in [0.25, 0.3) is 5.69 Å². The zero-order valence-electron chi connectivity index (χ0n) is 17.4. The van der Waals surface area contributed by atoms with Crippen LogP contribution >= 0.6 is 23.2 Å². The molecule has 0 unspecified atom stereocenters. The number of aromatic nitrogens is 3. The highest BCUT2D eigenvalue weighted by atomic mass is 35.5. The minimum atomic E-state index is -0.786. The maximum Gasteiger partial charge on any atom is 0.140 e. The van der Waals surface area contributed by atoms with Gasteiger partial charge in [0.25, 0.3) is 0 Å². The lowest BCUT2D eigenvalue weighted by Crippen LogP contribution is -2.38. The van der Waals surface area contributed by atoms with Gasteiger partial charge in [-0.2, -0.15) is 0 Å². The topological polar surface area (TPSA) is 43.2 Å². The van der Waals surface area contributed by atoms with Gasteiger partial charge in [0.1, 0.15) is 29.7 Å². The first-order valence-electron chi connectivity index (χ1n) is 10.4. The van der Waals surface area contributed by atoms with Gasteiger partial charge in [-0.1, -0.05) is 29.3 Å². The number of ether oxygens (including phenoxy) is 1. The van der Waals surface area contributed by atoms with E-state index in [1.807, 2.05) is 54.8 Å². The van der Waals surface area contributed by atoms with E-state index in [2.05, 4.69) is 15.1 Å². The van der Waals surface area contributed by atoms with Crippen LogP contribution in [0.3, 0.4) is 0 Å². The van der Waals surface area contributed by atoms with Crippen LogP contribution in [-0.2, 0) is 6.42 Å². The predicted molar refractivity (Wildman–Crippen MR) is 119 cm³/mol. The number of aryl methyl sites for hydroxylation is 2. The van der Waals surface area contributed by atoms with Crippen molar-refractivity contribution in [3.63, 3.8) is 0 Å². The molecule has 0 spiro atoms. The fraction of sp³-hybridized carbons (Fsp3) is 0.391. The Bertz CT molecular complexity index is 1120. The summed E-state index contributed by atoms with van der Waals surface area (Å²) in [6, 6.07) is 11.6. The maximum absolute atomic E-state index is 13.9. The molecule has 1 saturated heterocycles. The largest absolute Gasteiger partial charge is 0.482 e. The molecule has 0 bridgehead atoms. The van der Waals surface area contributed by atoms with E-state index in [0.717, 1.165) is 35.9 Å². The van der Waals surface area contributed by atoms with Crippen molar-refractivity contribution >= 4 is 23.2 Å². The molecule has 0 saturated carbocycles. The van der Waals surface area contributed by atoms with Crippen molar-refractivity contribution in [2.24, 2.45) is 0 Å². The van der Waals surface area contributed by atoms with Gasteiger partial charge in [-0.05, 0) is 68.1 Å². The molecular weight excluding hydrogens is 438 g/mol. The second-order valence-electron chi connectivity index (χ2n) is 8.28. The maximum atomic E-state index is 13.9. The number of nitrogens with zero attached hydrogens (tertiary/aromatic N) is 4. The van der Waals surface area contributed by atoms with Gasteiger partial charge in [0.15, 0.2) is 0 Å². The van der Waals surface area contributed by atoms with Gasteiger partial charge in [0, 0.05) is 18.1 Å². The summed E-state index contributed by atoms with van der Waals surface area (Å²) in [6.07, 6.45) is 0.318. The SMILES string of the molecule is Cc1nnc(C)n1-c1ccc(O[C@H]2c3cc(Cl)ccc3C[C@@H]2N2CC[C@@H](F)C2)c(Cl)c1. The molecule has 1 aromatic heterocycles. The molecular formula is C23H23Cl2FN4O. The lowest BCUT2D eigenvalue weighted by molar-refractivity contribution is 0.0897. The highest BCUT2D eigenvalue weighted by Crippen LogP contribution is 2.42. The molecule has 1 aliphatic carbocycles. The number of halogens is 3. The van der Waals surface area contributed by atoms with E-state index in [1.54, 1.807) is 0 Å². The van der Waals surface area contributed by atoms with Gasteiger partial charge in [0.05, 0.1) is 16.8 Å². The van der Waals surface area contributed by atoms with Gasteiger partial charge >= 0.3 is 0 Å². The summed E-state index contributed by atoms with van der Waals surface area (Å²) >= 11 is 12.9. The van der Waals surface area contributed by atoms with E-state index in [0.29, 0.717) is 28.8 Å². The molecule has 8 heteroatoms. The molecule has 2 heterocycles. The molecule has 0 radical (unpaired) electrons. The van der Waals surface area contributed by atoms with Crippen LogP contribution in [0.5, 0.6) is 5.75 Å². The van der Waals surface area contributed by atoms with Crippen LogP contribution in [0.1, 0.15) is 35.3 Å². The minimum Gasteiger partial charge on any atom is -0.482 e. The minimum absolute atomic E-state index is 0.0484. The standard InChI is InChI=1S/C23H23Cl2FN4O/c1-13-27-28-14(2)30(13)18-5-6-22(20(25)11-18)31-23-19-10-16(24)4-3-15(19)9-21(23)29-8-7-17(26)12-29/h3-6,10-11,17,21,23H,7-9,12H2,1-2H3/t17-,21+,23+/m1/s1. The van der Waals surface area contributed by atoms with Gasteiger partial charge in [-0.25, -0.2) is 4.39 Å². The van der Waals surface area contributed by atoms with Crippen molar-refractivity contribution in [1.82, 2.24) is 19.7 Å². The second kappa shape index (κ2) is 8.08. The Morgan fingerprint density at radius 2 is 1.84 bits per heavy atom. The third-order valence-corrected chi connectivity index (χ3v) is 6.77. The van der Waals surface area contributed by atoms with Gasteiger partial charge in [0.2, 0.25) is 0 Å². The normalized spacial score (nSPS) is 23.3. The number of hydrogen-bond acceptors (Lipinski definition) is 4. The smallest absolute Gasteiger partial charge is 0.140 e. The summed E-state index contributed by atoms with van der Waals surface area (Å²) in [6.45, 7) is 4.96. The van der Waals surface area contributed by atoms with E-state index in [1.165, 1.54) is 5.56 Å². The summed E-state index contributed by atoms with van der Waals surface area (Å²) in [5, 5.41) is 9.39. The van der Waals surface area contributed by atoms with Crippen LogP contribution in [-0.4, -0.2) is 45.0 Å². The zero-order chi connectivity index (χ0) is 21.7. The molecule has 5 rings (SSSR count). The third-order valence-electron chi connectivity index (χ3n) is 6.24. The van der Waals surface area contributed by atoms with Crippen molar-refractivity contribution in [2.45, 2.75) is 45.0 Å². The highest BCUT2D eigenvalue weighted by molar-refractivity contribution is 6.32. The van der Waals surface area contributed by atoms with Crippen molar-refractivity contribution < 1.29 is 9.13 Å². The zero-order valence-corrected chi connectivity index (χ0v) is 18.9. The number of rotatable bonds is 4. The third kappa shape index (κ3) is 3.81. The van der Waals surface area contributed by atoms with Crippen molar-refractivity contribution in [3.05, 3.63) is 69.2 Å². The van der Waals surface area contributed by atoms with E-state index < -0.39 is 6.17 Å². The molecule has 0 amide bonds. The first-order valence-corrected chi connectivity index (χ1v) is 11.2. The molecule has 2 aliphatic rings. The number of alkyl halides is 1. The number of likely N-dealkylation sites (tertiary alicyclic amines) is 1. The van der Waals surface area contributed by atoms with Crippen LogP contribution < -0.4 is 4.74 Å². The van der Waals surface area contributed by atoms with E-state index in [4.69, 9.17) is 27.9 Å². The number of benzene rings is 2. The van der Waals surface area contributed by atoms with E-state index in [-0.39, 0.29) is 12.1 Å². The predicted octanol–water partition coefficient (Wildman–Crippen LogP) is 5.28. The molecule has 3 atom stereocenters. The van der Waals surface area contributed by atoms with Gasteiger partial charge in [-0.15, -0.1) is 10.2 Å². The first kappa shape index (κ1) is 20.7. The second-order valence-corrected chi connectivity index (χ2v) is 9.12. The summed E-state index contributed by atoms with van der Waals surface area (Å²) in [4.78, 5) is 2.19. The molecule has 5 nitrogen and oxygen atoms in total. The monoisotopic (exact) mass is 460 g/mol. The fourth-order valence-corrected chi connectivity index (χ4v) is 5.17. The average Bonchev–Trinajstić information content (AvgIpc) is 3.41. The number of fused-ring (bicyclic) bond motifs is 1. The Labute approximate surface area is 190 Å². The average molecular weight is 461 g/mol. The Morgan fingerprint density at radius 3 is 2.52 bits per heavy atom. The molecule has 2 aromatic carbocycles. The fourth-order valence-electron chi connectivity index (χ4n) is 4.77. The summed E-state index contributed by atoms with van der Waals surface area (Å²) in [5.41, 5.74) is 3.11. The van der Waals surface area contributed by atoms with Gasteiger partial charge < -0.3 is 4.74 Å². The Hall–Kier alpha value is -2.15. The molecule has 1 fully saturated rings. The summed E-state index contributed by atoms with van der Waals surface area (Å²) in [5.74, 6) is 2.17. The molecule has 162 valence electrons. The highest BCUT2D eigenvalue weighted by Gasteiger charge is 2.41. The molecule has 1 aliphatic heterocycles. The van der Waals surface area contributed by atoms with Crippen molar-refractivity contribution in [3.8, 4) is 11.4 Å².